The lowest BCUT2D eigenvalue weighted by atomic mass is 10.1. The molecule has 1 aliphatic heterocycles. The minimum Gasteiger partial charge on any atom is -0.354 e. The summed E-state index contributed by atoms with van der Waals surface area (Å²) in [6.45, 7) is 4.46. The Bertz CT molecular complexity index is 907. The molecule has 0 saturated carbocycles. The molecule has 1 atom stereocenters. The number of pyridine rings is 1. The van der Waals surface area contributed by atoms with Crippen LogP contribution in [0.1, 0.15) is 21.7 Å². The Morgan fingerprint density at radius 3 is 2.78 bits per heavy atom. The lowest BCUT2D eigenvalue weighted by Crippen LogP contribution is -2.36. The Balaban J connectivity index is 1.53. The molecule has 0 spiro atoms. The van der Waals surface area contributed by atoms with Gasteiger partial charge >= 0.3 is 0 Å². The molecule has 27 heavy (non-hydrogen) atoms. The van der Waals surface area contributed by atoms with Gasteiger partial charge in [0.2, 0.25) is 5.95 Å². The van der Waals surface area contributed by atoms with E-state index in [1.54, 1.807) is 36.9 Å². The molecule has 138 valence electrons. The summed E-state index contributed by atoms with van der Waals surface area (Å²) in [6.07, 6.45) is 6.90. The number of nitrogens with one attached hydrogen (secondary N) is 1. The van der Waals surface area contributed by atoms with Crippen LogP contribution in [0.15, 0.2) is 49.1 Å². The number of hydrogen-bond acceptors (Lipinski definition) is 6. The molecule has 0 aromatic carbocycles. The summed E-state index contributed by atoms with van der Waals surface area (Å²) in [6, 6.07) is 7.43. The van der Waals surface area contributed by atoms with E-state index >= 15 is 0 Å². The zero-order chi connectivity index (χ0) is 18.6. The first kappa shape index (κ1) is 17.1. The van der Waals surface area contributed by atoms with Gasteiger partial charge in [0.1, 0.15) is 5.69 Å². The van der Waals surface area contributed by atoms with E-state index < -0.39 is 0 Å². The summed E-state index contributed by atoms with van der Waals surface area (Å²) in [5.74, 6) is 0.690. The van der Waals surface area contributed by atoms with Crippen molar-refractivity contribution in [3.8, 4) is 0 Å². The van der Waals surface area contributed by atoms with Crippen LogP contribution in [0, 0.1) is 12.8 Å². The quantitative estimate of drug-likeness (QED) is 0.760. The first-order valence-corrected chi connectivity index (χ1v) is 8.92. The number of carbonyl (C=O) groups excluding carboxylic acids is 1. The fourth-order valence-corrected chi connectivity index (χ4v) is 3.20. The molecule has 1 amide bonds. The maximum Gasteiger partial charge on any atom is 0.272 e. The van der Waals surface area contributed by atoms with Crippen molar-refractivity contribution < 1.29 is 4.79 Å². The van der Waals surface area contributed by atoms with Crippen molar-refractivity contribution in [2.24, 2.45) is 5.92 Å². The van der Waals surface area contributed by atoms with E-state index in [0.29, 0.717) is 31.3 Å². The SMILES string of the molecule is Cc1ccc(C(=O)N2Cc3ccnn3CC(CNc3ncccn3)C2)nc1. The Hall–Kier alpha value is -3.29. The highest BCUT2D eigenvalue weighted by Gasteiger charge is 2.26. The summed E-state index contributed by atoms with van der Waals surface area (Å²) in [5.41, 5.74) is 2.52. The molecule has 0 saturated heterocycles. The van der Waals surface area contributed by atoms with Gasteiger partial charge in [-0.2, -0.15) is 5.10 Å². The van der Waals surface area contributed by atoms with Crippen molar-refractivity contribution in [2.45, 2.75) is 20.0 Å². The second-order valence-corrected chi connectivity index (χ2v) is 6.73. The molecule has 1 N–H and O–H groups in total. The third-order valence-corrected chi connectivity index (χ3v) is 4.60. The van der Waals surface area contributed by atoms with E-state index in [9.17, 15) is 4.79 Å². The maximum atomic E-state index is 13.0. The molecule has 0 fully saturated rings. The fourth-order valence-electron chi connectivity index (χ4n) is 3.20. The summed E-state index contributed by atoms with van der Waals surface area (Å²) < 4.78 is 1.97. The normalized spacial score (nSPS) is 16.5. The van der Waals surface area contributed by atoms with Gasteiger partial charge in [-0.1, -0.05) is 6.07 Å². The second kappa shape index (κ2) is 7.53. The molecular weight excluding hydrogens is 342 g/mol. The minimum atomic E-state index is -0.0642. The standard InChI is InChI=1S/C19H21N7O/c1-14-3-4-17(22-9-14)18(27)25-11-15(10-23-19-20-6-2-7-21-19)12-26-16(13-25)5-8-24-26/h2-9,15H,10-13H2,1H3,(H,20,21,23). The predicted molar refractivity (Wildman–Crippen MR) is 100.0 cm³/mol. The molecule has 4 heterocycles. The highest BCUT2D eigenvalue weighted by atomic mass is 16.2. The van der Waals surface area contributed by atoms with E-state index in [2.05, 4.69) is 25.4 Å². The van der Waals surface area contributed by atoms with Crippen LogP contribution in [0.5, 0.6) is 0 Å². The first-order valence-electron chi connectivity index (χ1n) is 8.92. The van der Waals surface area contributed by atoms with Gasteiger partial charge in [-0.25, -0.2) is 9.97 Å². The number of nitrogens with zero attached hydrogens (tertiary/aromatic N) is 6. The number of rotatable bonds is 4. The molecule has 1 aliphatic rings. The average Bonchev–Trinajstić information content (AvgIpc) is 3.05. The monoisotopic (exact) mass is 363 g/mol. The summed E-state index contributed by atoms with van der Waals surface area (Å²) in [5, 5.41) is 7.66. The van der Waals surface area contributed by atoms with Crippen LogP contribution in [0.3, 0.4) is 0 Å². The number of fused-ring (bicyclic) bond motifs is 1. The molecule has 0 radical (unpaired) electrons. The van der Waals surface area contributed by atoms with Crippen molar-refractivity contribution in [1.82, 2.24) is 29.6 Å². The van der Waals surface area contributed by atoms with Crippen LogP contribution in [-0.4, -0.2) is 48.6 Å². The molecule has 0 aliphatic carbocycles. The van der Waals surface area contributed by atoms with Gasteiger partial charge < -0.3 is 10.2 Å². The fraction of sp³-hybridized carbons (Fsp3) is 0.316. The lowest BCUT2D eigenvalue weighted by Gasteiger charge is -2.24. The Morgan fingerprint density at radius 2 is 2.00 bits per heavy atom. The van der Waals surface area contributed by atoms with Gasteiger partial charge in [0.05, 0.1) is 12.2 Å². The second-order valence-electron chi connectivity index (χ2n) is 6.73. The molecule has 3 aromatic rings. The van der Waals surface area contributed by atoms with Crippen LogP contribution in [0.25, 0.3) is 0 Å². The van der Waals surface area contributed by atoms with Gasteiger partial charge in [0, 0.05) is 50.3 Å². The lowest BCUT2D eigenvalue weighted by molar-refractivity contribution is 0.0718. The zero-order valence-electron chi connectivity index (χ0n) is 15.1. The Kier molecular flexibility index (Phi) is 4.78. The van der Waals surface area contributed by atoms with Gasteiger partial charge in [-0.3, -0.25) is 14.5 Å². The van der Waals surface area contributed by atoms with Crippen molar-refractivity contribution in [3.05, 3.63) is 66.0 Å². The molecule has 0 bridgehead atoms. The van der Waals surface area contributed by atoms with Crippen molar-refractivity contribution in [3.63, 3.8) is 0 Å². The van der Waals surface area contributed by atoms with E-state index in [1.807, 2.05) is 28.6 Å². The van der Waals surface area contributed by atoms with Crippen LogP contribution in [0.4, 0.5) is 5.95 Å². The summed E-state index contributed by atoms with van der Waals surface area (Å²) in [7, 11) is 0. The third kappa shape index (κ3) is 3.94. The van der Waals surface area contributed by atoms with E-state index in [4.69, 9.17) is 0 Å². The van der Waals surface area contributed by atoms with Crippen LogP contribution < -0.4 is 5.32 Å². The molecule has 4 rings (SSSR count). The minimum absolute atomic E-state index is 0.0642. The van der Waals surface area contributed by atoms with E-state index in [1.165, 1.54) is 0 Å². The van der Waals surface area contributed by atoms with Crippen molar-refractivity contribution in [1.29, 1.82) is 0 Å². The molecule has 1 unspecified atom stereocenters. The summed E-state index contributed by atoms with van der Waals surface area (Å²) >= 11 is 0. The topological polar surface area (TPSA) is 88.8 Å². The van der Waals surface area contributed by atoms with E-state index in [0.717, 1.165) is 17.8 Å². The largest absolute Gasteiger partial charge is 0.354 e. The summed E-state index contributed by atoms with van der Waals surface area (Å²) in [4.78, 5) is 27.5. The van der Waals surface area contributed by atoms with Crippen molar-refractivity contribution >= 4 is 11.9 Å². The molecule has 8 heteroatoms. The van der Waals surface area contributed by atoms with Gasteiger partial charge in [-0.05, 0) is 30.7 Å². The number of aromatic nitrogens is 5. The highest BCUT2D eigenvalue weighted by Crippen LogP contribution is 2.18. The zero-order valence-corrected chi connectivity index (χ0v) is 15.1. The number of hydrogen-bond donors (Lipinski definition) is 1. The Labute approximate surface area is 157 Å². The van der Waals surface area contributed by atoms with Crippen molar-refractivity contribution in [2.75, 3.05) is 18.4 Å². The third-order valence-electron chi connectivity index (χ3n) is 4.60. The Morgan fingerprint density at radius 1 is 1.15 bits per heavy atom. The highest BCUT2D eigenvalue weighted by molar-refractivity contribution is 5.92. The molecule has 3 aromatic heterocycles. The molecule has 8 nitrogen and oxygen atoms in total. The predicted octanol–water partition coefficient (Wildman–Crippen LogP) is 1.76. The van der Waals surface area contributed by atoms with Gasteiger partial charge in [0.15, 0.2) is 0 Å². The number of aryl methyl sites for hydroxylation is 1. The van der Waals surface area contributed by atoms with Gasteiger partial charge in [0.25, 0.3) is 5.91 Å². The van der Waals surface area contributed by atoms with Crippen LogP contribution >= 0.6 is 0 Å². The van der Waals surface area contributed by atoms with Gasteiger partial charge in [-0.15, -0.1) is 0 Å². The van der Waals surface area contributed by atoms with Crippen LogP contribution in [0.2, 0.25) is 0 Å². The molecular formula is C19H21N7O. The number of amides is 1. The van der Waals surface area contributed by atoms with Crippen LogP contribution in [-0.2, 0) is 13.1 Å². The number of anilines is 1. The van der Waals surface area contributed by atoms with E-state index in [-0.39, 0.29) is 11.8 Å². The first-order chi connectivity index (χ1) is 13.2. The number of carbonyl (C=O) groups is 1. The smallest absolute Gasteiger partial charge is 0.272 e. The average molecular weight is 363 g/mol. The maximum absolute atomic E-state index is 13.0.